The first-order valence-electron chi connectivity index (χ1n) is 8.55. The van der Waals surface area contributed by atoms with E-state index in [9.17, 15) is 0 Å². The van der Waals surface area contributed by atoms with Crippen molar-refractivity contribution in [3.05, 3.63) is 70.7 Å². The monoisotopic (exact) mass is 430 g/mol. The fourth-order valence-electron chi connectivity index (χ4n) is 2.68. The lowest BCUT2D eigenvalue weighted by molar-refractivity contribution is 0.663. The summed E-state index contributed by atoms with van der Waals surface area (Å²) in [5.41, 5.74) is 2.86. The minimum absolute atomic E-state index is 0.677. The second-order valence-electron chi connectivity index (χ2n) is 6.09. The van der Waals surface area contributed by atoms with Gasteiger partial charge in [0.15, 0.2) is 11.0 Å². The summed E-state index contributed by atoms with van der Waals surface area (Å²) < 4.78 is 3.80. The molecule has 0 fully saturated rings. The van der Waals surface area contributed by atoms with E-state index in [0.717, 1.165) is 40.1 Å². The van der Waals surface area contributed by atoms with Crippen LogP contribution in [0.4, 0.5) is 0 Å². The van der Waals surface area contributed by atoms with Crippen LogP contribution in [0.15, 0.2) is 60.3 Å². The van der Waals surface area contributed by atoms with Crippen LogP contribution in [0.1, 0.15) is 5.56 Å². The number of rotatable bonds is 6. The van der Waals surface area contributed by atoms with Crippen LogP contribution in [-0.4, -0.2) is 35.3 Å². The topological polar surface area (TPSA) is 61.4 Å². The van der Waals surface area contributed by atoms with Crippen molar-refractivity contribution in [1.82, 2.24) is 29.5 Å². The number of aromatic nitrogens is 6. The first kappa shape index (κ1) is 19.0. The maximum absolute atomic E-state index is 6.38. The highest BCUT2D eigenvalue weighted by Crippen LogP contribution is 2.30. The zero-order chi connectivity index (χ0) is 19.5. The fourth-order valence-corrected chi connectivity index (χ4v) is 3.86. The van der Waals surface area contributed by atoms with Crippen LogP contribution < -0.4 is 0 Å². The molecule has 2 aromatic carbocycles. The smallest absolute Gasteiger partial charge is 0.196 e. The molecule has 6 nitrogen and oxygen atoms in total. The highest BCUT2D eigenvalue weighted by atomic mass is 35.5. The molecule has 0 aliphatic rings. The van der Waals surface area contributed by atoms with Crippen molar-refractivity contribution < 1.29 is 0 Å². The number of hydrogen-bond donors (Lipinski definition) is 0. The molecule has 2 aromatic heterocycles. The summed E-state index contributed by atoms with van der Waals surface area (Å²) in [6.07, 6.45) is 3.23. The third kappa shape index (κ3) is 4.06. The van der Waals surface area contributed by atoms with Gasteiger partial charge < -0.3 is 0 Å². The molecule has 9 heteroatoms. The van der Waals surface area contributed by atoms with Crippen LogP contribution in [0.5, 0.6) is 0 Å². The molecule has 0 aliphatic heterocycles. The van der Waals surface area contributed by atoms with Crippen LogP contribution in [0.3, 0.4) is 0 Å². The van der Waals surface area contributed by atoms with Crippen LogP contribution in [0, 0.1) is 6.92 Å². The first-order chi connectivity index (χ1) is 13.6. The Morgan fingerprint density at radius 1 is 1.04 bits per heavy atom. The molecule has 2 heterocycles. The van der Waals surface area contributed by atoms with Crippen molar-refractivity contribution in [2.45, 2.75) is 18.6 Å². The lowest BCUT2D eigenvalue weighted by Gasteiger charge is -2.12. The van der Waals surface area contributed by atoms with E-state index in [1.54, 1.807) is 22.8 Å². The number of hydrogen-bond acceptors (Lipinski definition) is 5. The van der Waals surface area contributed by atoms with E-state index in [1.165, 1.54) is 6.33 Å². The van der Waals surface area contributed by atoms with Crippen LogP contribution in [0.25, 0.3) is 17.1 Å². The summed E-state index contributed by atoms with van der Waals surface area (Å²) in [4.78, 5) is 3.97. The van der Waals surface area contributed by atoms with Gasteiger partial charge in [-0.15, -0.1) is 10.2 Å². The Kier molecular flexibility index (Phi) is 5.66. The minimum Gasteiger partial charge on any atom is -0.270 e. The van der Waals surface area contributed by atoms with Gasteiger partial charge >= 0.3 is 0 Å². The number of aryl methyl sites for hydroxylation is 2. The molecule has 142 valence electrons. The summed E-state index contributed by atoms with van der Waals surface area (Å²) in [5, 5.41) is 15.1. The van der Waals surface area contributed by atoms with E-state index in [-0.39, 0.29) is 0 Å². The molecule has 0 N–H and O–H groups in total. The van der Waals surface area contributed by atoms with Gasteiger partial charge in [0.2, 0.25) is 0 Å². The second kappa shape index (κ2) is 8.34. The average Bonchev–Trinajstić information content (AvgIpc) is 3.35. The lowest BCUT2D eigenvalue weighted by Crippen LogP contribution is -2.03. The molecule has 4 rings (SSSR count). The number of nitrogens with zero attached hydrogens (tertiary/aromatic N) is 6. The predicted molar refractivity (Wildman–Crippen MR) is 112 cm³/mol. The van der Waals surface area contributed by atoms with Crippen molar-refractivity contribution in [3.8, 4) is 17.1 Å². The van der Waals surface area contributed by atoms with Gasteiger partial charge in [0.1, 0.15) is 12.7 Å². The largest absolute Gasteiger partial charge is 0.270 e. The molecule has 28 heavy (non-hydrogen) atoms. The lowest BCUT2D eigenvalue weighted by atomic mass is 10.2. The SMILES string of the molecule is Cc1ccc(-n2c(SCCn3cncn3)nnc2-c2ccc(Cl)cc2)cc1Cl. The van der Waals surface area contributed by atoms with E-state index in [4.69, 9.17) is 23.2 Å². The minimum atomic E-state index is 0.677. The standard InChI is InChI=1S/C19H16Cl2N6S/c1-13-2-7-16(10-17(13)21)27-18(14-3-5-15(20)6-4-14)24-25-19(27)28-9-8-26-12-22-11-23-26/h2-7,10-12H,8-9H2,1H3. The summed E-state index contributed by atoms with van der Waals surface area (Å²) in [6.45, 7) is 2.70. The van der Waals surface area contributed by atoms with Gasteiger partial charge in [-0.3, -0.25) is 9.25 Å². The fraction of sp³-hybridized carbons (Fsp3) is 0.158. The van der Waals surface area contributed by atoms with E-state index < -0.39 is 0 Å². The molecular weight excluding hydrogens is 415 g/mol. The van der Waals surface area contributed by atoms with Gasteiger partial charge in [-0.2, -0.15) is 5.10 Å². The Hall–Kier alpha value is -2.35. The van der Waals surface area contributed by atoms with E-state index in [1.807, 2.05) is 54.0 Å². The van der Waals surface area contributed by atoms with Crippen LogP contribution in [-0.2, 0) is 6.54 Å². The third-order valence-electron chi connectivity index (χ3n) is 4.17. The normalized spacial score (nSPS) is 11.1. The number of halogens is 2. The molecule has 0 unspecified atom stereocenters. The molecular formula is C19H16Cl2N6S. The quantitative estimate of drug-likeness (QED) is 0.405. The van der Waals surface area contributed by atoms with Crippen molar-refractivity contribution in [2.24, 2.45) is 0 Å². The molecule has 0 amide bonds. The molecule has 0 aliphatic carbocycles. The zero-order valence-corrected chi connectivity index (χ0v) is 17.3. The van der Waals surface area contributed by atoms with E-state index >= 15 is 0 Å². The van der Waals surface area contributed by atoms with Crippen LogP contribution >= 0.6 is 35.0 Å². The van der Waals surface area contributed by atoms with Crippen molar-refractivity contribution in [3.63, 3.8) is 0 Å². The summed E-state index contributed by atoms with van der Waals surface area (Å²) in [5.74, 6) is 1.52. The predicted octanol–water partition coefficient (Wildman–Crippen LogP) is 4.93. The van der Waals surface area contributed by atoms with Gasteiger partial charge in [0.25, 0.3) is 0 Å². The number of benzene rings is 2. The Morgan fingerprint density at radius 2 is 1.86 bits per heavy atom. The van der Waals surface area contributed by atoms with Crippen molar-refractivity contribution in [2.75, 3.05) is 5.75 Å². The molecule has 0 bridgehead atoms. The first-order valence-corrected chi connectivity index (χ1v) is 10.3. The highest BCUT2D eigenvalue weighted by molar-refractivity contribution is 7.99. The van der Waals surface area contributed by atoms with E-state index in [0.29, 0.717) is 10.0 Å². The second-order valence-corrected chi connectivity index (χ2v) is 7.99. The van der Waals surface area contributed by atoms with Gasteiger partial charge in [0.05, 0.1) is 12.2 Å². The number of thioether (sulfide) groups is 1. The maximum atomic E-state index is 6.38. The molecule has 0 radical (unpaired) electrons. The van der Waals surface area contributed by atoms with E-state index in [2.05, 4.69) is 20.3 Å². The Bertz CT molecular complexity index is 1080. The van der Waals surface area contributed by atoms with Gasteiger partial charge in [-0.05, 0) is 48.9 Å². The average molecular weight is 431 g/mol. The molecule has 0 saturated carbocycles. The molecule has 0 spiro atoms. The van der Waals surface area contributed by atoms with Gasteiger partial charge in [-0.25, -0.2) is 4.98 Å². The molecule has 4 aromatic rings. The van der Waals surface area contributed by atoms with Crippen molar-refractivity contribution in [1.29, 1.82) is 0 Å². The van der Waals surface area contributed by atoms with Crippen molar-refractivity contribution >= 4 is 35.0 Å². The van der Waals surface area contributed by atoms with Gasteiger partial charge in [0, 0.05) is 21.4 Å². The molecule has 0 saturated heterocycles. The summed E-state index contributed by atoms with van der Waals surface area (Å²) in [6, 6.07) is 13.5. The molecule has 0 atom stereocenters. The summed E-state index contributed by atoms with van der Waals surface area (Å²) >= 11 is 14.0. The maximum Gasteiger partial charge on any atom is 0.196 e. The van der Waals surface area contributed by atoms with Crippen LogP contribution in [0.2, 0.25) is 10.0 Å². The summed E-state index contributed by atoms with van der Waals surface area (Å²) in [7, 11) is 0. The Morgan fingerprint density at radius 3 is 2.57 bits per heavy atom. The Labute approximate surface area is 176 Å². The third-order valence-corrected chi connectivity index (χ3v) is 5.74. The highest BCUT2D eigenvalue weighted by Gasteiger charge is 2.17. The van der Waals surface area contributed by atoms with Gasteiger partial charge in [-0.1, -0.05) is 41.0 Å². The zero-order valence-electron chi connectivity index (χ0n) is 15.0. The Balaban J connectivity index is 1.70.